The van der Waals surface area contributed by atoms with Crippen molar-refractivity contribution in [2.45, 2.75) is 155 Å². The Kier molecular flexibility index (Phi) is 24.4. The summed E-state index contributed by atoms with van der Waals surface area (Å²) in [6.07, 6.45) is 3.01. The standard InChI is InChI=1S/C63H86N5O12PSi/c1-12-34-76-61(73)67-56-31-30-53(39-55(56)59(72)66-40-47(6)38-57(66)60(67)80-82(10,11)62(7,8)9)75-36-16-21-58(71)65-33-18-35-74-43-54(79-81(78-37-17-32-64)68(45(2)3)46(4)5)44-77-63(50-19-14-13-15-20-50,51-26-22-48(41-69)23-27-51)52-28-24-49(42-70)25-29-52/h12-15,19-20,22-31,39-40,45-46,54,57,60,69-70H,1,16-18,21,33-38,41-44H2,2-11H3,(H,65,71)/t54?,57-,60-,81?/m0/s1. The lowest BCUT2D eigenvalue weighted by molar-refractivity contribution is -0.121. The van der Waals surface area contributed by atoms with Crippen LogP contribution in [-0.4, -0.2) is 123 Å². The summed E-state index contributed by atoms with van der Waals surface area (Å²) in [5, 5.41) is 32.2. The average Bonchev–Trinajstić information content (AvgIpc) is 3.87. The number of carbonyl (C=O) groups is 3. The molecule has 2 heterocycles. The second kappa shape index (κ2) is 30.7. The molecule has 0 saturated carbocycles. The molecule has 2 unspecified atom stereocenters. The Bertz CT molecular complexity index is 2730. The number of nitrogens with zero attached hydrogens (tertiary/aromatic N) is 4. The zero-order chi connectivity index (χ0) is 59.6. The van der Waals surface area contributed by atoms with Crippen molar-refractivity contribution in [3.63, 3.8) is 0 Å². The van der Waals surface area contributed by atoms with Crippen LogP contribution in [0.15, 0.2) is 121 Å². The zero-order valence-electron chi connectivity index (χ0n) is 49.6. The van der Waals surface area contributed by atoms with Crippen molar-refractivity contribution < 1.29 is 57.0 Å². The maximum atomic E-state index is 14.4. The topological polar surface area (TPSA) is 202 Å². The normalized spacial score (nSPS) is 16.3. The van der Waals surface area contributed by atoms with Gasteiger partial charge in [-0.1, -0.05) is 118 Å². The molecule has 3 amide bonds. The van der Waals surface area contributed by atoms with Gasteiger partial charge in [-0.2, -0.15) is 5.26 Å². The summed E-state index contributed by atoms with van der Waals surface area (Å²) in [5.74, 6) is -0.0236. The molecule has 0 aliphatic carbocycles. The van der Waals surface area contributed by atoms with Crippen molar-refractivity contribution in [3.05, 3.63) is 155 Å². The monoisotopic (exact) mass is 1160 g/mol. The van der Waals surface area contributed by atoms with E-state index in [1.807, 2.05) is 92.0 Å². The molecule has 17 nitrogen and oxygen atoms in total. The third-order valence-electron chi connectivity index (χ3n) is 14.8. The number of rotatable bonds is 31. The van der Waals surface area contributed by atoms with E-state index in [1.165, 1.54) is 11.0 Å². The average molecular weight is 1160 g/mol. The summed E-state index contributed by atoms with van der Waals surface area (Å²) in [5.41, 5.74) is 4.40. The number of anilines is 1. The number of aliphatic hydroxyl groups is 2. The number of ether oxygens (including phenoxy) is 4. The number of benzene rings is 4. The second-order valence-corrected chi connectivity index (χ2v) is 28.9. The fourth-order valence-corrected chi connectivity index (χ4v) is 12.6. The summed E-state index contributed by atoms with van der Waals surface area (Å²) < 4.78 is 47.8. The predicted molar refractivity (Wildman–Crippen MR) is 321 cm³/mol. The van der Waals surface area contributed by atoms with Gasteiger partial charge in [0.25, 0.3) is 14.4 Å². The van der Waals surface area contributed by atoms with Crippen molar-refractivity contribution in [3.8, 4) is 11.8 Å². The van der Waals surface area contributed by atoms with E-state index in [2.05, 4.69) is 84.2 Å². The Morgan fingerprint density at radius 1 is 0.890 bits per heavy atom. The highest BCUT2D eigenvalue weighted by Gasteiger charge is 2.50. The molecule has 0 spiro atoms. The number of carbonyl (C=O) groups excluding carboxylic acids is 3. The summed E-state index contributed by atoms with van der Waals surface area (Å²) in [6.45, 7) is 25.5. The lowest BCUT2D eigenvalue weighted by Gasteiger charge is -2.44. The second-order valence-electron chi connectivity index (χ2n) is 22.7. The first kappa shape index (κ1) is 65.3. The van der Waals surface area contributed by atoms with E-state index in [0.717, 1.165) is 33.4 Å². The van der Waals surface area contributed by atoms with Crippen LogP contribution < -0.4 is 15.0 Å². The molecule has 82 heavy (non-hydrogen) atoms. The Morgan fingerprint density at radius 3 is 2.11 bits per heavy atom. The number of amides is 3. The summed E-state index contributed by atoms with van der Waals surface area (Å²) in [6, 6.07) is 32.0. The van der Waals surface area contributed by atoms with E-state index in [9.17, 15) is 29.9 Å². The van der Waals surface area contributed by atoms with Crippen LogP contribution in [0.5, 0.6) is 5.75 Å². The lowest BCUT2D eigenvalue weighted by Crippen LogP contribution is -2.57. The molecule has 19 heteroatoms. The van der Waals surface area contributed by atoms with Gasteiger partial charge in [0, 0.05) is 37.9 Å². The van der Waals surface area contributed by atoms with Gasteiger partial charge in [0.2, 0.25) is 5.91 Å². The summed E-state index contributed by atoms with van der Waals surface area (Å²) >= 11 is 0. The van der Waals surface area contributed by atoms with Crippen molar-refractivity contribution in [1.82, 2.24) is 14.9 Å². The van der Waals surface area contributed by atoms with E-state index in [4.69, 9.17) is 32.4 Å². The highest BCUT2D eigenvalue weighted by atomic mass is 31.2. The molecule has 0 fully saturated rings. The summed E-state index contributed by atoms with van der Waals surface area (Å²) in [7, 11) is -4.21. The summed E-state index contributed by atoms with van der Waals surface area (Å²) in [4.78, 5) is 44.7. The molecule has 0 bridgehead atoms. The Hall–Kier alpha value is -5.81. The first-order valence-electron chi connectivity index (χ1n) is 28.4. The molecule has 3 N–H and O–H groups in total. The van der Waals surface area contributed by atoms with Crippen molar-refractivity contribution >= 4 is 40.4 Å². The predicted octanol–water partition coefficient (Wildman–Crippen LogP) is 11.6. The number of nitriles is 1. The largest absolute Gasteiger partial charge is 0.494 e. The molecular weight excluding hydrogens is 1080 g/mol. The van der Waals surface area contributed by atoms with E-state index in [0.29, 0.717) is 43.9 Å². The molecule has 0 radical (unpaired) electrons. The molecule has 2 aliphatic rings. The van der Waals surface area contributed by atoms with E-state index in [-0.39, 0.29) is 93.6 Å². The molecule has 4 aromatic carbocycles. The molecule has 4 aromatic rings. The SMILES string of the molecule is C=CCOC(=O)N1c2ccc(OCCCC(=O)NCCCOCC(COC(c3ccccc3)(c3ccc(CO)cc3)c3ccc(CO)cc3)OP(OCCC#N)N(C(C)C)C(C)C)cc2C(=O)N2C=C(C)C[C@H]2[C@@H]1O[Si](C)(C)C(C)(C)C. The first-order chi connectivity index (χ1) is 39.2. The number of hydrogen-bond donors (Lipinski definition) is 3. The van der Waals surface area contributed by atoms with Crippen LogP contribution in [0.25, 0.3) is 0 Å². The first-order valence-corrected chi connectivity index (χ1v) is 32.4. The van der Waals surface area contributed by atoms with Gasteiger partial charge in [-0.05, 0) is 118 Å². The molecular formula is C63H86N5O12PSi. The van der Waals surface area contributed by atoms with Gasteiger partial charge in [-0.3, -0.25) is 9.59 Å². The zero-order valence-corrected chi connectivity index (χ0v) is 51.5. The molecule has 4 atom stereocenters. The van der Waals surface area contributed by atoms with Gasteiger partial charge in [-0.15, -0.1) is 0 Å². The Balaban J connectivity index is 1.11. The van der Waals surface area contributed by atoms with Crippen molar-refractivity contribution in [2.24, 2.45) is 0 Å². The van der Waals surface area contributed by atoms with E-state index in [1.54, 1.807) is 23.1 Å². The minimum atomic E-state index is -2.50. The minimum absolute atomic E-state index is 0.0164. The number of fused-ring (bicyclic) bond motifs is 2. The Morgan fingerprint density at radius 2 is 1.52 bits per heavy atom. The van der Waals surface area contributed by atoms with Crippen LogP contribution in [0.2, 0.25) is 18.1 Å². The van der Waals surface area contributed by atoms with Crippen molar-refractivity contribution in [2.75, 3.05) is 51.1 Å². The molecule has 0 aromatic heterocycles. The quantitative estimate of drug-likeness (QED) is 0.0141. The highest BCUT2D eigenvalue weighted by molar-refractivity contribution is 7.44. The van der Waals surface area contributed by atoms with Gasteiger partial charge < -0.3 is 52.9 Å². The lowest BCUT2D eigenvalue weighted by atomic mass is 9.79. The maximum Gasteiger partial charge on any atom is 0.416 e. The third-order valence-corrected chi connectivity index (χ3v) is 21.5. The van der Waals surface area contributed by atoms with E-state index < -0.39 is 46.9 Å². The van der Waals surface area contributed by atoms with Gasteiger partial charge in [0.05, 0.1) is 69.4 Å². The molecule has 444 valence electrons. The third kappa shape index (κ3) is 16.7. The number of nitrogens with one attached hydrogen (secondary N) is 1. The van der Waals surface area contributed by atoms with Gasteiger partial charge >= 0.3 is 6.09 Å². The molecule has 6 rings (SSSR count). The van der Waals surface area contributed by atoms with E-state index >= 15 is 0 Å². The van der Waals surface area contributed by atoms with Crippen LogP contribution in [0.4, 0.5) is 10.5 Å². The van der Waals surface area contributed by atoms with Crippen LogP contribution in [0.1, 0.15) is 126 Å². The highest BCUT2D eigenvalue weighted by Crippen LogP contribution is 2.49. The van der Waals surface area contributed by atoms with Crippen molar-refractivity contribution in [1.29, 1.82) is 5.26 Å². The Labute approximate surface area is 488 Å². The maximum absolute atomic E-state index is 14.4. The number of hydrogen-bond acceptors (Lipinski definition) is 14. The van der Waals surface area contributed by atoms with Gasteiger partial charge in [-0.25, -0.2) is 14.4 Å². The smallest absolute Gasteiger partial charge is 0.416 e. The molecule has 0 saturated heterocycles. The van der Waals surface area contributed by atoms with Crippen LogP contribution >= 0.6 is 8.53 Å². The van der Waals surface area contributed by atoms with Crippen LogP contribution in [0.3, 0.4) is 0 Å². The fraction of sp³-hybridized carbons (Fsp3) is 0.492. The fourth-order valence-electron chi connectivity index (χ4n) is 9.70. The minimum Gasteiger partial charge on any atom is -0.494 e. The number of aliphatic hydroxyl groups excluding tert-OH is 2. The van der Waals surface area contributed by atoms with Gasteiger partial charge in [0.1, 0.15) is 24.1 Å². The molecule has 2 aliphatic heterocycles. The van der Waals surface area contributed by atoms with Crippen LogP contribution in [-0.2, 0) is 51.3 Å². The van der Waals surface area contributed by atoms with Crippen LogP contribution in [0, 0.1) is 11.3 Å². The van der Waals surface area contributed by atoms with Gasteiger partial charge in [0.15, 0.2) is 14.5 Å².